The maximum absolute atomic E-state index is 13.3. The lowest BCUT2D eigenvalue weighted by atomic mass is 9.82. The summed E-state index contributed by atoms with van der Waals surface area (Å²) in [4.78, 5) is 41.0. The number of aromatic hydroxyl groups is 2. The van der Waals surface area contributed by atoms with E-state index in [1.807, 2.05) is 0 Å². The van der Waals surface area contributed by atoms with Crippen LogP contribution >= 0.6 is 0 Å². The van der Waals surface area contributed by atoms with Gasteiger partial charge in [0.1, 0.15) is 11.5 Å². The maximum Gasteiger partial charge on any atom is 0.258 e. The Morgan fingerprint density at radius 3 is 2.32 bits per heavy atom. The Bertz CT molecular complexity index is 1310. The summed E-state index contributed by atoms with van der Waals surface area (Å²) in [5.41, 5.74) is 5.49. The standard InChI is InChI=1S/C23H20N2O6/c1-10-14(23(30)25-8-4-5-11(24)9-25)17-20(28)15-16(21(29)22(17)31-10)19(27)13-7-3-2-6-12(13)18(15)26/h2-3,6-7,11,28-29H,4-5,8-9,24H2,1H3. The molecular weight excluding hydrogens is 400 g/mol. The van der Waals surface area contributed by atoms with Crippen molar-refractivity contribution in [3.63, 3.8) is 0 Å². The number of phenolic OH excluding ortho intramolecular Hbond substituents is 2. The van der Waals surface area contributed by atoms with E-state index in [2.05, 4.69) is 0 Å². The predicted molar refractivity (Wildman–Crippen MR) is 111 cm³/mol. The summed E-state index contributed by atoms with van der Waals surface area (Å²) in [5, 5.41) is 21.9. The first-order valence-corrected chi connectivity index (χ1v) is 10.1. The summed E-state index contributed by atoms with van der Waals surface area (Å²) >= 11 is 0. The minimum absolute atomic E-state index is 0.0545. The molecule has 1 saturated heterocycles. The molecule has 1 fully saturated rings. The van der Waals surface area contributed by atoms with Crippen LogP contribution in [0.15, 0.2) is 28.7 Å². The van der Waals surface area contributed by atoms with Crippen LogP contribution in [0.25, 0.3) is 11.0 Å². The first kappa shape index (κ1) is 19.3. The molecular formula is C23H20N2O6. The smallest absolute Gasteiger partial charge is 0.258 e. The number of piperidine rings is 1. The highest BCUT2D eigenvalue weighted by atomic mass is 16.4. The van der Waals surface area contributed by atoms with E-state index in [0.717, 1.165) is 12.8 Å². The highest BCUT2D eigenvalue weighted by Gasteiger charge is 2.39. The number of hydrogen-bond acceptors (Lipinski definition) is 7. The van der Waals surface area contributed by atoms with Gasteiger partial charge in [-0.1, -0.05) is 24.3 Å². The molecule has 2 aliphatic rings. The molecule has 1 aliphatic carbocycles. The Morgan fingerprint density at radius 2 is 1.71 bits per heavy atom. The average Bonchev–Trinajstić information content (AvgIpc) is 3.11. The molecule has 0 radical (unpaired) electrons. The van der Waals surface area contributed by atoms with Gasteiger partial charge in [0.2, 0.25) is 0 Å². The molecule has 1 unspecified atom stereocenters. The van der Waals surface area contributed by atoms with Crippen LogP contribution < -0.4 is 5.73 Å². The number of nitrogens with two attached hydrogens (primary N) is 1. The molecule has 1 amide bonds. The van der Waals surface area contributed by atoms with Crippen LogP contribution in [-0.4, -0.2) is 51.7 Å². The Labute approximate surface area is 176 Å². The van der Waals surface area contributed by atoms with Gasteiger partial charge >= 0.3 is 0 Å². The molecule has 5 rings (SSSR count). The fourth-order valence-electron chi connectivity index (χ4n) is 4.61. The van der Waals surface area contributed by atoms with Gasteiger partial charge in [-0.15, -0.1) is 0 Å². The lowest BCUT2D eigenvalue weighted by Crippen LogP contribution is -2.45. The summed E-state index contributed by atoms with van der Waals surface area (Å²) in [6.07, 6.45) is 1.56. The quantitative estimate of drug-likeness (QED) is 0.403. The Morgan fingerprint density at radius 1 is 1.10 bits per heavy atom. The van der Waals surface area contributed by atoms with E-state index in [1.165, 1.54) is 19.1 Å². The van der Waals surface area contributed by atoms with E-state index in [0.29, 0.717) is 13.1 Å². The van der Waals surface area contributed by atoms with Gasteiger partial charge in [0.05, 0.1) is 22.1 Å². The number of amides is 1. The third-order valence-electron chi connectivity index (χ3n) is 6.09. The van der Waals surface area contributed by atoms with Crippen molar-refractivity contribution in [2.75, 3.05) is 13.1 Å². The van der Waals surface area contributed by atoms with E-state index < -0.39 is 29.0 Å². The maximum atomic E-state index is 13.3. The Kier molecular flexibility index (Phi) is 4.16. The summed E-state index contributed by atoms with van der Waals surface area (Å²) < 4.78 is 5.63. The summed E-state index contributed by atoms with van der Waals surface area (Å²) in [6.45, 7) is 2.39. The van der Waals surface area contributed by atoms with Crippen LogP contribution in [0.5, 0.6) is 11.5 Å². The number of carbonyl (C=O) groups is 3. The highest BCUT2D eigenvalue weighted by Crippen LogP contribution is 2.47. The normalized spacial score (nSPS) is 18.3. The second-order valence-electron chi connectivity index (χ2n) is 8.04. The van der Waals surface area contributed by atoms with Gasteiger partial charge < -0.3 is 25.3 Å². The molecule has 2 heterocycles. The molecule has 0 bridgehead atoms. The van der Waals surface area contributed by atoms with Crippen molar-refractivity contribution in [2.24, 2.45) is 5.73 Å². The van der Waals surface area contributed by atoms with Crippen LogP contribution in [0, 0.1) is 6.92 Å². The predicted octanol–water partition coefficient (Wildman–Crippen LogP) is 2.49. The van der Waals surface area contributed by atoms with Crippen molar-refractivity contribution in [2.45, 2.75) is 25.8 Å². The number of carbonyl (C=O) groups excluding carboxylic acids is 3. The Balaban J connectivity index is 1.76. The van der Waals surface area contributed by atoms with Gasteiger partial charge in [-0.3, -0.25) is 14.4 Å². The van der Waals surface area contributed by atoms with E-state index in [1.54, 1.807) is 17.0 Å². The second-order valence-corrected chi connectivity index (χ2v) is 8.04. The van der Waals surface area contributed by atoms with E-state index in [4.69, 9.17) is 10.2 Å². The molecule has 1 atom stereocenters. The SMILES string of the molecule is Cc1oc2c(O)c3c(c(O)c2c1C(=O)N1CCCC(N)C1)C(=O)c1ccccc1C3=O. The second kappa shape index (κ2) is 6.68. The van der Waals surface area contributed by atoms with Crippen molar-refractivity contribution < 1.29 is 29.0 Å². The van der Waals surface area contributed by atoms with E-state index in [-0.39, 0.29) is 50.6 Å². The molecule has 158 valence electrons. The van der Waals surface area contributed by atoms with Gasteiger partial charge in [0.15, 0.2) is 22.9 Å². The number of likely N-dealkylation sites (tertiary alicyclic amines) is 1. The third kappa shape index (κ3) is 2.61. The topological polar surface area (TPSA) is 134 Å². The zero-order valence-electron chi connectivity index (χ0n) is 16.8. The van der Waals surface area contributed by atoms with Crippen LogP contribution in [0.2, 0.25) is 0 Å². The van der Waals surface area contributed by atoms with Gasteiger partial charge in [-0.05, 0) is 19.8 Å². The van der Waals surface area contributed by atoms with Crippen molar-refractivity contribution in [1.82, 2.24) is 4.90 Å². The number of aryl methyl sites for hydroxylation is 1. The number of phenols is 2. The van der Waals surface area contributed by atoms with E-state index >= 15 is 0 Å². The highest BCUT2D eigenvalue weighted by molar-refractivity contribution is 6.33. The first-order valence-electron chi connectivity index (χ1n) is 10.1. The van der Waals surface area contributed by atoms with Gasteiger partial charge in [0.25, 0.3) is 5.91 Å². The van der Waals surface area contributed by atoms with Crippen molar-refractivity contribution in [3.05, 3.63) is 57.8 Å². The molecule has 3 aromatic rings. The number of furan rings is 1. The number of benzene rings is 2. The lowest BCUT2D eigenvalue weighted by molar-refractivity contribution is 0.0708. The summed E-state index contributed by atoms with van der Waals surface area (Å²) in [7, 11) is 0. The van der Waals surface area contributed by atoms with Crippen LogP contribution in [-0.2, 0) is 0 Å². The minimum Gasteiger partial charge on any atom is -0.506 e. The number of ketones is 2. The molecule has 31 heavy (non-hydrogen) atoms. The summed E-state index contributed by atoms with van der Waals surface area (Å²) in [6, 6.07) is 6.05. The van der Waals surface area contributed by atoms with Crippen LogP contribution in [0.4, 0.5) is 0 Å². The van der Waals surface area contributed by atoms with Crippen molar-refractivity contribution in [1.29, 1.82) is 0 Å². The van der Waals surface area contributed by atoms with Crippen LogP contribution in [0.3, 0.4) is 0 Å². The number of rotatable bonds is 1. The monoisotopic (exact) mass is 420 g/mol. The molecule has 2 aromatic carbocycles. The number of nitrogens with zero attached hydrogens (tertiary/aromatic N) is 1. The molecule has 1 aliphatic heterocycles. The zero-order chi connectivity index (χ0) is 22.0. The fraction of sp³-hybridized carbons (Fsp3) is 0.261. The van der Waals surface area contributed by atoms with Crippen LogP contribution in [0.1, 0.15) is 60.8 Å². The van der Waals surface area contributed by atoms with Gasteiger partial charge in [-0.25, -0.2) is 0 Å². The molecule has 0 spiro atoms. The van der Waals surface area contributed by atoms with Gasteiger partial charge in [-0.2, -0.15) is 0 Å². The van der Waals surface area contributed by atoms with E-state index in [9.17, 15) is 24.6 Å². The Hall–Kier alpha value is -3.65. The number of fused-ring (bicyclic) bond motifs is 3. The fourth-order valence-corrected chi connectivity index (χ4v) is 4.61. The first-order chi connectivity index (χ1) is 14.8. The average molecular weight is 420 g/mol. The van der Waals surface area contributed by atoms with Crippen molar-refractivity contribution >= 4 is 28.4 Å². The largest absolute Gasteiger partial charge is 0.506 e. The molecule has 8 nitrogen and oxygen atoms in total. The summed E-state index contributed by atoms with van der Waals surface area (Å²) in [5.74, 6) is -2.54. The molecule has 1 aromatic heterocycles. The minimum atomic E-state index is -0.600. The van der Waals surface area contributed by atoms with Gasteiger partial charge in [0, 0.05) is 30.3 Å². The third-order valence-corrected chi connectivity index (χ3v) is 6.09. The van der Waals surface area contributed by atoms with Crippen molar-refractivity contribution in [3.8, 4) is 11.5 Å². The lowest BCUT2D eigenvalue weighted by Gasteiger charge is -2.30. The molecule has 8 heteroatoms. The molecule has 4 N–H and O–H groups in total. The number of hydrogen-bond donors (Lipinski definition) is 3. The molecule has 0 saturated carbocycles. The zero-order valence-corrected chi connectivity index (χ0v) is 16.8.